The largest absolute Gasteiger partial charge is 0.481 e. The standard InChI is InChI=1S/C43H47Cl2F2N5O6/c1-26(53)51-24-43(25-51)22-50(23-43)20-28-10-9-27(19-35(28)57-40(46)47)38-37(45)32(13-16-48-38)31-7-6-8-33(36(31)44)34-12-11-29(39(49-34)55-5)21-52(30-14-17-56-18-15-30)41(54)58-42(2,3)4/h6-13,16,19,30,40H,14-15,17-18,20-25H2,1-5H3. The topological polar surface area (TPSA) is 107 Å². The first-order valence-electron chi connectivity index (χ1n) is 19.2. The number of ether oxygens (including phenoxy) is 4. The number of methoxy groups -OCH3 is 1. The molecule has 2 aromatic carbocycles. The maximum Gasteiger partial charge on any atom is 0.410 e. The molecular weight excluding hydrogens is 791 g/mol. The van der Waals surface area contributed by atoms with Crippen LogP contribution in [-0.2, 0) is 27.4 Å². The zero-order chi connectivity index (χ0) is 41.4. The Hall–Kier alpha value is -4.56. The fraction of sp³-hybridized carbons (Fsp3) is 0.442. The molecule has 4 aromatic rings. The molecule has 3 aliphatic rings. The molecule has 15 heteroatoms. The minimum absolute atomic E-state index is 0.0427. The van der Waals surface area contributed by atoms with Gasteiger partial charge in [0.2, 0.25) is 11.8 Å². The minimum atomic E-state index is -3.03. The van der Waals surface area contributed by atoms with Crippen LogP contribution >= 0.6 is 23.2 Å². The molecule has 3 saturated heterocycles. The molecule has 0 radical (unpaired) electrons. The number of nitrogens with zero attached hydrogens (tertiary/aromatic N) is 5. The zero-order valence-electron chi connectivity index (χ0n) is 33.2. The van der Waals surface area contributed by atoms with Gasteiger partial charge in [0.1, 0.15) is 11.4 Å². The molecule has 0 unspecified atom stereocenters. The van der Waals surface area contributed by atoms with Crippen molar-refractivity contribution < 1.29 is 37.3 Å². The number of likely N-dealkylation sites (tertiary alicyclic amines) is 2. The molecule has 2 amide bonds. The van der Waals surface area contributed by atoms with E-state index in [4.69, 9.17) is 47.1 Å². The third-order valence-corrected chi connectivity index (χ3v) is 11.5. The van der Waals surface area contributed by atoms with Crippen molar-refractivity contribution >= 4 is 35.2 Å². The van der Waals surface area contributed by atoms with Crippen molar-refractivity contribution in [1.82, 2.24) is 24.7 Å². The molecule has 0 saturated carbocycles. The number of amides is 2. The average Bonchev–Trinajstić information content (AvgIpc) is 3.14. The van der Waals surface area contributed by atoms with Crippen LogP contribution in [0, 0.1) is 5.41 Å². The van der Waals surface area contributed by atoms with E-state index >= 15 is 0 Å². The number of carbonyl (C=O) groups is 2. The number of hydrogen-bond donors (Lipinski definition) is 0. The van der Waals surface area contributed by atoms with Gasteiger partial charge >= 0.3 is 12.7 Å². The van der Waals surface area contributed by atoms with Crippen molar-refractivity contribution in [2.24, 2.45) is 5.41 Å². The average molecular weight is 839 g/mol. The van der Waals surface area contributed by atoms with Crippen molar-refractivity contribution in [3.63, 3.8) is 0 Å². The lowest BCUT2D eigenvalue weighted by Gasteiger charge is -2.60. The summed E-state index contributed by atoms with van der Waals surface area (Å²) in [6, 6.07) is 16.0. The lowest BCUT2D eigenvalue weighted by Crippen LogP contribution is -2.72. The summed E-state index contributed by atoms with van der Waals surface area (Å²) in [5, 5.41) is 0.655. The van der Waals surface area contributed by atoms with Gasteiger partial charge in [0.05, 0.1) is 35.1 Å². The van der Waals surface area contributed by atoms with E-state index in [1.54, 1.807) is 36.2 Å². The van der Waals surface area contributed by atoms with Crippen LogP contribution in [-0.4, -0.2) is 101 Å². The van der Waals surface area contributed by atoms with Crippen LogP contribution in [0.3, 0.4) is 0 Å². The molecule has 0 atom stereocenters. The number of aromatic nitrogens is 2. The number of rotatable bonds is 11. The van der Waals surface area contributed by atoms with Gasteiger partial charge in [0.25, 0.3) is 0 Å². The maximum absolute atomic E-state index is 13.7. The molecule has 308 valence electrons. The number of carbonyl (C=O) groups excluding carboxylic acids is 2. The molecule has 58 heavy (non-hydrogen) atoms. The van der Waals surface area contributed by atoms with E-state index < -0.39 is 18.3 Å². The predicted molar refractivity (Wildman–Crippen MR) is 217 cm³/mol. The van der Waals surface area contributed by atoms with E-state index in [-0.39, 0.29) is 34.7 Å². The lowest BCUT2D eigenvalue weighted by molar-refractivity contribution is -0.157. The Morgan fingerprint density at radius 3 is 2.33 bits per heavy atom. The highest BCUT2D eigenvalue weighted by atomic mass is 35.5. The van der Waals surface area contributed by atoms with Gasteiger partial charge in [-0.2, -0.15) is 8.78 Å². The molecule has 0 aliphatic carbocycles. The number of benzene rings is 2. The Morgan fingerprint density at radius 2 is 1.66 bits per heavy atom. The third-order valence-electron chi connectivity index (χ3n) is 10.8. The van der Waals surface area contributed by atoms with Gasteiger partial charge in [-0.25, -0.2) is 9.78 Å². The van der Waals surface area contributed by atoms with Gasteiger partial charge in [-0.3, -0.25) is 14.7 Å². The van der Waals surface area contributed by atoms with E-state index in [0.717, 1.165) is 26.2 Å². The van der Waals surface area contributed by atoms with Gasteiger partial charge in [-0.15, -0.1) is 0 Å². The second-order valence-corrected chi connectivity index (χ2v) is 17.0. The molecule has 2 aromatic heterocycles. The van der Waals surface area contributed by atoms with Crippen LogP contribution in [0.15, 0.2) is 60.8 Å². The summed E-state index contributed by atoms with van der Waals surface area (Å²) in [7, 11) is 1.53. The quantitative estimate of drug-likeness (QED) is 0.146. The number of pyridine rings is 2. The first-order valence-corrected chi connectivity index (χ1v) is 20.0. The Kier molecular flexibility index (Phi) is 12.2. The van der Waals surface area contributed by atoms with Crippen LogP contribution in [0.4, 0.5) is 13.6 Å². The Morgan fingerprint density at radius 1 is 0.966 bits per heavy atom. The van der Waals surface area contributed by atoms with E-state index in [1.165, 1.54) is 13.2 Å². The fourth-order valence-corrected chi connectivity index (χ4v) is 8.68. The number of alkyl halides is 2. The minimum Gasteiger partial charge on any atom is -0.481 e. The van der Waals surface area contributed by atoms with Crippen LogP contribution in [0.25, 0.3) is 33.6 Å². The van der Waals surface area contributed by atoms with E-state index in [9.17, 15) is 18.4 Å². The van der Waals surface area contributed by atoms with Gasteiger partial charge in [0, 0.05) is 104 Å². The number of halogens is 4. The van der Waals surface area contributed by atoms with Crippen molar-refractivity contribution in [2.45, 2.75) is 71.9 Å². The summed E-state index contributed by atoms with van der Waals surface area (Å²) >= 11 is 14.2. The van der Waals surface area contributed by atoms with Crippen molar-refractivity contribution in [2.75, 3.05) is 46.5 Å². The molecule has 1 spiro atoms. The van der Waals surface area contributed by atoms with Crippen LogP contribution in [0.1, 0.15) is 51.7 Å². The first-order chi connectivity index (χ1) is 27.6. The van der Waals surface area contributed by atoms with Gasteiger partial charge in [-0.05, 0) is 57.9 Å². The van der Waals surface area contributed by atoms with Crippen molar-refractivity contribution in [3.05, 3.63) is 82.0 Å². The van der Waals surface area contributed by atoms with E-state index in [1.807, 2.05) is 56.0 Å². The summed E-state index contributed by atoms with van der Waals surface area (Å²) < 4.78 is 49.5. The SMILES string of the molecule is COc1nc(-c2cccc(-c3ccnc(-c4ccc(CN5CC6(C5)CN(C(C)=O)C6)c(OC(F)F)c4)c3Cl)c2Cl)ccc1CN(C(=O)OC(C)(C)C)C1CCOCC1. The lowest BCUT2D eigenvalue weighted by atomic mass is 9.72. The molecule has 11 nitrogen and oxygen atoms in total. The highest BCUT2D eigenvalue weighted by Crippen LogP contribution is 2.44. The van der Waals surface area contributed by atoms with Crippen LogP contribution in [0.5, 0.6) is 11.6 Å². The monoisotopic (exact) mass is 837 g/mol. The van der Waals surface area contributed by atoms with Crippen molar-refractivity contribution in [3.8, 4) is 45.3 Å². The molecule has 0 N–H and O–H groups in total. The van der Waals surface area contributed by atoms with E-state index in [2.05, 4.69) is 9.88 Å². The Balaban J connectivity index is 1.13. The summed E-state index contributed by atoms with van der Waals surface area (Å²) in [6.07, 6.45) is 2.55. The summed E-state index contributed by atoms with van der Waals surface area (Å²) in [5.41, 5.74) is 3.94. The molecule has 3 aliphatic heterocycles. The highest BCUT2D eigenvalue weighted by molar-refractivity contribution is 6.39. The molecular formula is C43H47Cl2F2N5O6. The highest BCUT2D eigenvalue weighted by Gasteiger charge is 2.52. The molecule has 0 bridgehead atoms. The smallest absolute Gasteiger partial charge is 0.410 e. The summed E-state index contributed by atoms with van der Waals surface area (Å²) in [5.74, 6) is 0.445. The Labute approximate surface area is 347 Å². The second kappa shape index (κ2) is 17.0. The molecule has 3 fully saturated rings. The van der Waals surface area contributed by atoms with Gasteiger partial charge < -0.3 is 28.7 Å². The van der Waals surface area contributed by atoms with Gasteiger partial charge in [-0.1, -0.05) is 53.5 Å². The van der Waals surface area contributed by atoms with Gasteiger partial charge in [0.15, 0.2) is 0 Å². The predicted octanol–water partition coefficient (Wildman–Crippen LogP) is 8.97. The summed E-state index contributed by atoms with van der Waals surface area (Å²) in [6.45, 7) is 8.81. The normalized spacial score (nSPS) is 16.8. The fourth-order valence-electron chi connectivity index (χ4n) is 8.03. The summed E-state index contributed by atoms with van der Waals surface area (Å²) in [4.78, 5) is 40.1. The van der Waals surface area contributed by atoms with E-state index in [0.29, 0.717) is 88.3 Å². The Bertz CT molecular complexity index is 2170. The number of hydrogen-bond acceptors (Lipinski definition) is 9. The molecule has 5 heterocycles. The zero-order valence-corrected chi connectivity index (χ0v) is 34.7. The van der Waals surface area contributed by atoms with Crippen LogP contribution in [0.2, 0.25) is 10.0 Å². The maximum atomic E-state index is 13.7. The van der Waals surface area contributed by atoms with Crippen LogP contribution < -0.4 is 9.47 Å². The molecule has 7 rings (SSSR count). The van der Waals surface area contributed by atoms with Crippen molar-refractivity contribution in [1.29, 1.82) is 0 Å². The second-order valence-electron chi connectivity index (χ2n) is 16.2. The third kappa shape index (κ3) is 9.02. The first kappa shape index (κ1) is 41.6.